The summed E-state index contributed by atoms with van der Waals surface area (Å²) < 4.78 is 50.2. The summed E-state index contributed by atoms with van der Waals surface area (Å²) in [5.41, 5.74) is -0.469. The molecule has 0 atom stereocenters. The van der Waals surface area contributed by atoms with Crippen LogP contribution >= 0.6 is 0 Å². The molecule has 0 spiro atoms. The highest BCUT2D eigenvalue weighted by Gasteiger charge is 2.31. The van der Waals surface area contributed by atoms with Gasteiger partial charge in [-0.25, -0.2) is 4.39 Å². The quantitative estimate of drug-likeness (QED) is 0.757. The number of aromatic hydroxyl groups is 1. The van der Waals surface area contributed by atoms with Gasteiger partial charge in [0.25, 0.3) is 0 Å². The van der Waals surface area contributed by atoms with Crippen molar-refractivity contribution in [3.8, 4) is 16.9 Å². The molecule has 0 saturated carbocycles. The maximum Gasteiger partial charge on any atom is 0.416 e. The summed E-state index contributed by atoms with van der Waals surface area (Å²) in [5, 5.41) is 9.58. The van der Waals surface area contributed by atoms with Crippen LogP contribution in [0.2, 0.25) is 0 Å². The Morgan fingerprint density at radius 1 is 0.944 bits per heavy atom. The fourth-order valence-electron chi connectivity index (χ4n) is 1.61. The van der Waals surface area contributed by atoms with Crippen LogP contribution in [0.4, 0.5) is 17.6 Å². The normalized spacial score (nSPS) is 11.6. The summed E-state index contributed by atoms with van der Waals surface area (Å²) in [6, 6.07) is 7.87. The first kappa shape index (κ1) is 12.4. The Bertz CT molecular complexity index is 575. The lowest BCUT2D eigenvalue weighted by atomic mass is 10.0. The van der Waals surface area contributed by atoms with Crippen LogP contribution in [-0.2, 0) is 6.18 Å². The number of halogens is 4. The largest absolute Gasteiger partial charge is 0.507 e. The van der Waals surface area contributed by atoms with Gasteiger partial charge in [-0.1, -0.05) is 18.2 Å². The second kappa shape index (κ2) is 4.33. The number of hydrogen-bond donors (Lipinski definition) is 1. The van der Waals surface area contributed by atoms with Gasteiger partial charge >= 0.3 is 6.18 Å². The number of rotatable bonds is 1. The van der Waals surface area contributed by atoms with E-state index in [4.69, 9.17) is 0 Å². The highest BCUT2D eigenvalue weighted by molar-refractivity contribution is 5.70. The molecule has 1 nitrogen and oxygen atoms in total. The zero-order valence-electron chi connectivity index (χ0n) is 9.00. The molecule has 1 N–H and O–H groups in total. The molecule has 0 bridgehead atoms. The van der Waals surface area contributed by atoms with Gasteiger partial charge in [-0.2, -0.15) is 13.2 Å². The molecule has 5 heteroatoms. The molecule has 0 unspecified atom stereocenters. The van der Waals surface area contributed by atoms with Gasteiger partial charge in [-0.3, -0.25) is 0 Å². The Labute approximate surface area is 100 Å². The molecule has 0 radical (unpaired) electrons. The second-order valence-electron chi connectivity index (χ2n) is 3.74. The molecule has 0 aliphatic heterocycles. The average molecular weight is 256 g/mol. The average Bonchev–Trinajstić information content (AvgIpc) is 2.27. The van der Waals surface area contributed by atoms with Crippen molar-refractivity contribution >= 4 is 0 Å². The highest BCUT2D eigenvalue weighted by Crippen LogP contribution is 2.36. The molecule has 0 heterocycles. The van der Waals surface area contributed by atoms with Crippen molar-refractivity contribution in [3.05, 3.63) is 53.8 Å². The summed E-state index contributed by atoms with van der Waals surface area (Å²) in [6.45, 7) is 0. The molecule has 2 rings (SSSR count). The van der Waals surface area contributed by atoms with Gasteiger partial charge in [0, 0.05) is 5.56 Å². The van der Waals surface area contributed by atoms with E-state index < -0.39 is 23.3 Å². The predicted octanol–water partition coefficient (Wildman–Crippen LogP) is 4.22. The van der Waals surface area contributed by atoms with Crippen LogP contribution in [0.1, 0.15) is 5.56 Å². The van der Waals surface area contributed by atoms with E-state index in [2.05, 4.69) is 0 Å². The number of alkyl halides is 3. The zero-order valence-corrected chi connectivity index (χ0v) is 9.00. The fourth-order valence-corrected chi connectivity index (χ4v) is 1.61. The molecule has 0 aliphatic rings. The van der Waals surface area contributed by atoms with Crippen LogP contribution < -0.4 is 0 Å². The number of phenols is 1. The molecule has 2 aromatic rings. The van der Waals surface area contributed by atoms with E-state index in [1.165, 1.54) is 18.2 Å². The molecule has 94 valence electrons. The smallest absolute Gasteiger partial charge is 0.416 e. The number of hydrogen-bond acceptors (Lipinski definition) is 1. The Morgan fingerprint density at radius 3 is 2.22 bits per heavy atom. The Kier molecular flexibility index (Phi) is 2.98. The third kappa shape index (κ3) is 2.45. The predicted molar refractivity (Wildman–Crippen MR) is 58.5 cm³/mol. The van der Waals surface area contributed by atoms with Gasteiger partial charge in [-0.15, -0.1) is 0 Å². The highest BCUT2D eigenvalue weighted by atomic mass is 19.4. The Balaban J connectivity index is 2.48. The lowest BCUT2D eigenvalue weighted by Crippen LogP contribution is -2.04. The second-order valence-corrected chi connectivity index (χ2v) is 3.74. The summed E-state index contributed by atoms with van der Waals surface area (Å²) in [7, 11) is 0. The first-order valence-corrected chi connectivity index (χ1v) is 5.04. The van der Waals surface area contributed by atoms with E-state index in [-0.39, 0.29) is 5.56 Å². The van der Waals surface area contributed by atoms with Crippen LogP contribution in [0.3, 0.4) is 0 Å². The first-order valence-electron chi connectivity index (χ1n) is 5.04. The monoisotopic (exact) mass is 256 g/mol. The fraction of sp³-hybridized carbons (Fsp3) is 0.0769. The van der Waals surface area contributed by atoms with Crippen LogP contribution in [0.15, 0.2) is 42.5 Å². The molecule has 0 aromatic heterocycles. The molecule has 0 fully saturated rings. The van der Waals surface area contributed by atoms with Crippen molar-refractivity contribution in [2.45, 2.75) is 6.18 Å². The van der Waals surface area contributed by atoms with Gasteiger partial charge in [0.05, 0.1) is 5.56 Å². The van der Waals surface area contributed by atoms with Crippen LogP contribution in [0.25, 0.3) is 11.1 Å². The van der Waals surface area contributed by atoms with Crippen molar-refractivity contribution in [1.29, 1.82) is 0 Å². The number of benzene rings is 2. The van der Waals surface area contributed by atoms with Crippen molar-refractivity contribution in [2.24, 2.45) is 0 Å². The molecule has 18 heavy (non-hydrogen) atoms. The third-order valence-corrected chi connectivity index (χ3v) is 2.46. The molecule has 0 aliphatic carbocycles. The molecule has 0 saturated heterocycles. The summed E-state index contributed by atoms with van der Waals surface area (Å²) in [5.74, 6) is -1.05. The van der Waals surface area contributed by atoms with Crippen LogP contribution in [-0.4, -0.2) is 5.11 Å². The maximum absolute atomic E-state index is 13.0. The van der Waals surface area contributed by atoms with Crippen molar-refractivity contribution in [1.82, 2.24) is 0 Å². The SMILES string of the molecule is Oc1cc(C(F)(F)F)ccc1-c1cccc(F)c1. The van der Waals surface area contributed by atoms with Crippen LogP contribution in [0.5, 0.6) is 5.75 Å². The topological polar surface area (TPSA) is 20.2 Å². The lowest BCUT2D eigenvalue weighted by Gasteiger charge is -2.10. The Hall–Kier alpha value is -2.04. The molecular formula is C13H8F4O. The van der Waals surface area contributed by atoms with Crippen molar-refractivity contribution in [3.63, 3.8) is 0 Å². The minimum Gasteiger partial charge on any atom is -0.507 e. The van der Waals surface area contributed by atoms with E-state index in [0.717, 1.165) is 18.2 Å². The molecular weight excluding hydrogens is 248 g/mol. The van der Waals surface area contributed by atoms with Gasteiger partial charge < -0.3 is 5.11 Å². The van der Waals surface area contributed by atoms with Crippen molar-refractivity contribution in [2.75, 3.05) is 0 Å². The van der Waals surface area contributed by atoms with Gasteiger partial charge in [-0.05, 0) is 29.8 Å². The van der Waals surface area contributed by atoms with Gasteiger partial charge in [0.1, 0.15) is 11.6 Å². The van der Waals surface area contributed by atoms with E-state index in [9.17, 15) is 22.7 Å². The summed E-state index contributed by atoms with van der Waals surface area (Å²) >= 11 is 0. The first-order chi connectivity index (χ1) is 8.38. The summed E-state index contributed by atoms with van der Waals surface area (Å²) in [6.07, 6.45) is -4.52. The molecule has 2 aromatic carbocycles. The maximum atomic E-state index is 13.0. The zero-order chi connectivity index (χ0) is 13.3. The lowest BCUT2D eigenvalue weighted by molar-refractivity contribution is -0.137. The minimum atomic E-state index is -4.52. The van der Waals surface area contributed by atoms with E-state index in [1.54, 1.807) is 0 Å². The summed E-state index contributed by atoms with van der Waals surface area (Å²) in [4.78, 5) is 0. The van der Waals surface area contributed by atoms with Gasteiger partial charge in [0.15, 0.2) is 0 Å². The number of phenolic OH excluding ortho intramolecular Hbond substituents is 1. The minimum absolute atomic E-state index is 0.155. The van der Waals surface area contributed by atoms with Gasteiger partial charge in [0.2, 0.25) is 0 Å². The van der Waals surface area contributed by atoms with Crippen LogP contribution in [0, 0.1) is 5.82 Å². The standard InChI is InChI=1S/C13H8F4O/c14-10-3-1-2-8(6-10)11-5-4-9(7-12(11)18)13(15,16)17/h1-7,18H. The third-order valence-electron chi connectivity index (χ3n) is 2.46. The van der Waals surface area contributed by atoms with E-state index >= 15 is 0 Å². The van der Waals surface area contributed by atoms with E-state index in [0.29, 0.717) is 11.6 Å². The van der Waals surface area contributed by atoms with Crippen molar-refractivity contribution < 1.29 is 22.7 Å². The Morgan fingerprint density at radius 2 is 1.67 bits per heavy atom. The van der Waals surface area contributed by atoms with E-state index in [1.807, 2.05) is 0 Å². The molecule has 0 amide bonds.